The van der Waals surface area contributed by atoms with Gasteiger partial charge in [-0.15, -0.1) is 0 Å². The first kappa shape index (κ1) is 31.0. The number of anilines is 1. The molecule has 2 amide bonds. The quantitative estimate of drug-likeness (QED) is 0.310. The molecule has 3 rings (SSSR count). The Morgan fingerprint density at radius 2 is 1.70 bits per heavy atom. The van der Waals surface area contributed by atoms with E-state index in [0.29, 0.717) is 13.0 Å². The van der Waals surface area contributed by atoms with Gasteiger partial charge in [0.15, 0.2) is 0 Å². The second kappa shape index (κ2) is 14.2. The van der Waals surface area contributed by atoms with Gasteiger partial charge in [-0.1, -0.05) is 66.6 Å². The number of sulfonamides is 1. The first-order chi connectivity index (χ1) is 19.1. The van der Waals surface area contributed by atoms with Gasteiger partial charge >= 0.3 is 0 Å². The normalized spacial score (nSPS) is 11.9. The molecular weight excluding hydrogens is 550 g/mol. The van der Waals surface area contributed by atoms with Crippen molar-refractivity contribution >= 4 is 39.1 Å². The van der Waals surface area contributed by atoms with E-state index < -0.39 is 28.5 Å². The summed E-state index contributed by atoms with van der Waals surface area (Å²) in [6.07, 6.45) is 1.23. The second-order valence-electron chi connectivity index (χ2n) is 9.43. The molecule has 0 aliphatic carbocycles. The Labute approximate surface area is 241 Å². The van der Waals surface area contributed by atoms with Crippen LogP contribution in [-0.2, 0) is 26.0 Å². The van der Waals surface area contributed by atoms with E-state index >= 15 is 0 Å². The summed E-state index contributed by atoms with van der Waals surface area (Å²) in [4.78, 5) is 28.3. The number of methoxy groups -OCH3 is 1. The van der Waals surface area contributed by atoms with Gasteiger partial charge in [-0.05, 0) is 62.6 Å². The van der Waals surface area contributed by atoms with Crippen LogP contribution in [0.25, 0.3) is 0 Å². The molecule has 0 saturated heterocycles. The first-order valence-corrected chi connectivity index (χ1v) is 14.9. The highest BCUT2D eigenvalue weighted by Gasteiger charge is 2.33. The predicted octanol–water partition coefficient (Wildman–Crippen LogP) is 4.84. The summed E-state index contributed by atoms with van der Waals surface area (Å²) in [5.74, 6) is -0.609. The van der Waals surface area contributed by atoms with Crippen molar-refractivity contribution in [1.82, 2.24) is 10.2 Å². The lowest BCUT2D eigenvalue weighted by Gasteiger charge is -2.32. The maximum absolute atomic E-state index is 14.0. The molecule has 3 aromatic carbocycles. The number of ether oxygens (including phenoxy) is 1. The molecule has 0 radical (unpaired) electrons. The van der Waals surface area contributed by atoms with E-state index in [0.717, 1.165) is 21.9 Å². The van der Waals surface area contributed by atoms with Crippen LogP contribution in [0.15, 0.2) is 77.7 Å². The van der Waals surface area contributed by atoms with Crippen molar-refractivity contribution < 1.29 is 22.7 Å². The number of nitrogens with one attached hydrogen (secondary N) is 1. The molecule has 0 aromatic heterocycles. The summed E-state index contributed by atoms with van der Waals surface area (Å²) < 4.78 is 34.4. The summed E-state index contributed by atoms with van der Waals surface area (Å²) in [6.45, 7) is 5.56. The molecule has 40 heavy (non-hydrogen) atoms. The number of nitrogens with zero attached hydrogens (tertiary/aromatic N) is 2. The van der Waals surface area contributed by atoms with Crippen molar-refractivity contribution in [1.29, 1.82) is 0 Å². The van der Waals surface area contributed by atoms with Gasteiger partial charge in [0.2, 0.25) is 11.8 Å². The topological polar surface area (TPSA) is 96.0 Å². The number of amides is 2. The lowest BCUT2D eigenvalue weighted by molar-refractivity contribution is -0.138. The van der Waals surface area contributed by atoms with Crippen LogP contribution >= 0.6 is 11.6 Å². The Balaban J connectivity index is 2.04. The van der Waals surface area contributed by atoms with Crippen molar-refractivity contribution in [2.45, 2.75) is 44.6 Å². The Morgan fingerprint density at radius 3 is 2.33 bits per heavy atom. The summed E-state index contributed by atoms with van der Waals surface area (Å²) in [7, 11) is -2.82. The second-order valence-corrected chi connectivity index (χ2v) is 11.7. The molecule has 1 N–H and O–H groups in total. The SMILES string of the molecule is CCCNC(=O)C(C)N(CCc1ccccc1)C(=O)CN(c1cc(Cl)ccc1OC)S(=O)(=O)c1ccc(C)cc1. The number of carbonyl (C=O) groups is 2. The standard InChI is InChI=1S/C30H36ClN3O5S/c1-5-18-32-30(36)23(3)33(19-17-24-9-7-6-8-10-24)29(35)21-34(27-20-25(31)13-16-28(27)39-4)40(37,38)26-14-11-22(2)12-15-26/h6-16,20,23H,5,17-19,21H2,1-4H3,(H,32,36). The van der Waals surface area contributed by atoms with Crippen LogP contribution in [0.2, 0.25) is 5.02 Å². The van der Waals surface area contributed by atoms with Gasteiger partial charge in [0, 0.05) is 18.1 Å². The van der Waals surface area contributed by atoms with Gasteiger partial charge in [-0.3, -0.25) is 13.9 Å². The minimum absolute atomic E-state index is 0.0116. The Kier molecular flexibility index (Phi) is 11.0. The number of carbonyl (C=O) groups excluding carboxylic acids is 2. The zero-order chi connectivity index (χ0) is 29.3. The Hall–Kier alpha value is -3.56. The van der Waals surface area contributed by atoms with E-state index in [4.69, 9.17) is 16.3 Å². The number of benzene rings is 3. The molecule has 0 bridgehead atoms. The molecular formula is C30H36ClN3O5S. The summed E-state index contributed by atoms with van der Waals surface area (Å²) in [6, 6.07) is 19.7. The van der Waals surface area contributed by atoms with Crippen LogP contribution in [0.4, 0.5) is 5.69 Å². The zero-order valence-electron chi connectivity index (χ0n) is 23.3. The highest BCUT2D eigenvalue weighted by molar-refractivity contribution is 7.92. The van der Waals surface area contributed by atoms with Gasteiger partial charge in [0.05, 0.1) is 17.7 Å². The van der Waals surface area contributed by atoms with Crippen molar-refractivity contribution in [2.24, 2.45) is 0 Å². The minimum Gasteiger partial charge on any atom is -0.495 e. The van der Waals surface area contributed by atoms with Crippen molar-refractivity contribution in [3.05, 3.63) is 88.9 Å². The van der Waals surface area contributed by atoms with Crippen LogP contribution in [0.1, 0.15) is 31.4 Å². The molecule has 0 heterocycles. The lowest BCUT2D eigenvalue weighted by atomic mass is 10.1. The third-order valence-corrected chi connectivity index (χ3v) is 8.51. The maximum Gasteiger partial charge on any atom is 0.264 e. The van der Waals surface area contributed by atoms with E-state index in [1.54, 1.807) is 31.2 Å². The molecule has 0 spiro atoms. The average Bonchev–Trinajstić information content (AvgIpc) is 2.95. The molecule has 214 valence electrons. The van der Waals surface area contributed by atoms with Crippen molar-refractivity contribution in [3.8, 4) is 5.75 Å². The number of hydrogen-bond donors (Lipinski definition) is 1. The molecule has 1 unspecified atom stereocenters. The van der Waals surface area contributed by atoms with Gasteiger partial charge in [0.1, 0.15) is 18.3 Å². The van der Waals surface area contributed by atoms with Crippen LogP contribution < -0.4 is 14.4 Å². The van der Waals surface area contributed by atoms with E-state index in [-0.39, 0.29) is 33.8 Å². The summed E-state index contributed by atoms with van der Waals surface area (Å²) in [5.41, 5.74) is 2.00. The molecule has 10 heteroatoms. The first-order valence-electron chi connectivity index (χ1n) is 13.1. The smallest absolute Gasteiger partial charge is 0.264 e. The predicted molar refractivity (Wildman–Crippen MR) is 158 cm³/mol. The largest absolute Gasteiger partial charge is 0.495 e. The van der Waals surface area contributed by atoms with Gasteiger partial charge in [-0.2, -0.15) is 0 Å². The van der Waals surface area contributed by atoms with Crippen LogP contribution in [0.5, 0.6) is 5.75 Å². The lowest BCUT2D eigenvalue weighted by Crippen LogP contribution is -2.52. The van der Waals surface area contributed by atoms with Crippen LogP contribution in [-0.4, -0.2) is 57.9 Å². The molecule has 3 aromatic rings. The number of halogens is 1. The van der Waals surface area contributed by atoms with Crippen LogP contribution in [0, 0.1) is 6.92 Å². The molecule has 1 atom stereocenters. The Bertz CT molecular complexity index is 1400. The van der Waals surface area contributed by atoms with Gasteiger partial charge in [-0.25, -0.2) is 8.42 Å². The molecule has 8 nitrogen and oxygen atoms in total. The van der Waals surface area contributed by atoms with Crippen molar-refractivity contribution in [2.75, 3.05) is 31.0 Å². The molecule has 0 aliphatic heterocycles. The van der Waals surface area contributed by atoms with E-state index in [1.165, 1.54) is 30.2 Å². The van der Waals surface area contributed by atoms with Gasteiger partial charge in [0.25, 0.3) is 10.0 Å². The number of rotatable bonds is 13. The maximum atomic E-state index is 14.0. The average molecular weight is 586 g/mol. The van der Waals surface area contributed by atoms with Gasteiger partial charge < -0.3 is 15.0 Å². The zero-order valence-corrected chi connectivity index (χ0v) is 24.8. The fourth-order valence-electron chi connectivity index (χ4n) is 4.17. The summed E-state index contributed by atoms with van der Waals surface area (Å²) >= 11 is 6.27. The molecule has 0 fully saturated rings. The van der Waals surface area contributed by atoms with E-state index in [1.807, 2.05) is 44.2 Å². The monoisotopic (exact) mass is 585 g/mol. The minimum atomic E-state index is -4.23. The highest BCUT2D eigenvalue weighted by atomic mass is 35.5. The van der Waals surface area contributed by atoms with E-state index in [9.17, 15) is 18.0 Å². The number of aryl methyl sites for hydroxylation is 1. The van der Waals surface area contributed by atoms with Crippen LogP contribution in [0.3, 0.4) is 0 Å². The third kappa shape index (κ3) is 7.76. The highest BCUT2D eigenvalue weighted by Crippen LogP contribution is 2.35. The number of hydrogen-bond acceptors (Lipinski definition) is 5. The molecule has 0 saturated carbocycles. The summed E-state index contributed by atoms with van der Waals surface area (Å²) in [5, 5.41) is 3.11. The Morgan fingerprint density at radius 1 is 1.02 bits per heavy atom. The van der Waals surface area contributed by atoms with E-state index in [2.05, 4.69) is 5.32 Å². The fraction of sp³-hybridized carbons (Fsp3) is 0.333. The van der Waals surface area contributed by atoms with Crippen molar-refractivity contribution in [3.63, 3.8) is 0 Å². The fourth-order valence-corrected chi connectivity index (χ4v) is 5.76. The molecule has 0 aliphatic rings. The third-order valence-electron chi connectivity index (χ3n) is 6.50.